The quantitative estimate of drug-likeness (QED) is 0.802. The van der Waals surface area contributed by atoms with E-state index in [1.165, 1.54) is 12.1 Å². The summed E-state index contributed by atoms with van der Waals surface area (Å²) in [6.07, 6.45) is 0. The second-order valence-corrected chi connectivity index (χ2v) is 4.28. The van der Waals surface area contributed by atoms with Crippen molar-refractivity contribution >= 4 is 34.2 Å². The number of amidine groups is 1. The number of halogens is 2. The van der Waals surface area contributed by atoms with Crippen molar-refractivity contribution in [3.8, 4) is 0 Å². The number of nitrogens with zero attached hydrogens (tertiary/aromatic N) is 1. The van der Waals surface area contributed by atoms with Crippen molar-refractivity contribution in [2.45, 2.75) is 0 Å². The Bertz CT molecular complexity index is 381. The van der Waals surface area contributed by atoms with Crippen molar-refractivity contribution in [3.05, 3.63) is 29.0 Å². The summed E-state index contributed by atoms with van der Waals surface area (Å²) < 4.78 is 12.7. The monoisotopic (exact) mass is 230 g/mol. The van der Waals surface area contributed by atoms with Gasteiger partial charge in [-0.25, -0.2) is 4.39 Å². The third-order valence-electron chi connectivity index (χ3n) is 1.76. The largest absolute Gasteiger partial charge is 0.334 e. The van der Waals surface area contributed by atoms with Gasteiger partial charge in [-0.15, -0.1) is 0 Å². The maximum Gasteiger partial charge on any atom is 0.161 e. The first-order valence-corrected chi connectivity index (χ1v) is 5.51. The standard InChI is InChI=1S/C9H8ClFN2S/c10-7-5-6(11)1-2-8(7)13-9-12-3-4-14-9/h1-2,5H,3-4H2,(H,12,13). The summed E-state index contributed by atoms with van der Waals surface area (Å²) in [6.45, 7) is 0.825. The lowest BCUT2D eigenvalue weighted by Crippen LogP contribution is -2.05. The van der Waals surface area contributed by atoms with Gasteiger partial charge in [-0.1, -0.05) is 23.4 Å². The number of benzene rings is 1. The highest BCUT2D eigenvalue weighted by Crippen LogP contribution is 2.24. The van der Waals surface area contributed by atoms with Gasteiger partial charge in [0.05, 0.1) is 17.3 Å². The Morgan fingerprint density at radius 3 is 3.00 bits per heavy atom. The molecule has 1 aromatic carbocycles. The first kappa shape index (κ1) is 9.80. The van der Waals surface area contributed by atoms with E-state index in [1.54, 1.807) is 17.8 Å². The molecule has 0 fully saturated rings. The molecule has 0 saturated carbocycles. The molecule has 0 spiro atoms. The number of rotatable bonds is 1. The number of aliphatic imine (C=N–C) groups is 1. The molecule has 1 aliphatic heterocycles. The van der Waals surface area contributed by atoms with Crippen molar-refractivity contribution in [2.24, 2.45) is 4.99 Å². The van der Waals surface area contributed by atoms with E-state index >= 15 is 0 Å². The Labute approximate surface area is 90.6 Å². The van der Waals surface area contributed by atoms with E-state index in [9.17, 15) is 4.39 Å². The van der Waals surface area contributed by atoms with Crippen molar-refractivity contribution in [2.75, 3.05) is 17.6 Å². The summed E-state index contributed by atoms with van der Waals surface area (Å²) in [5.41, 5.74) is 0.696. The third-order valence-corrected chi connectivity index (χ3v) is 2.96. The van der Waals surface area contributed by atoms with E-state index in [0.29, 0.717) is 10.7 Å². The van der Waals surface area contributed by atoms with Crippen LogP contribution in [-0.2, 0) is 0 Å². The van der Waals surface area contributed by atoms with Gasteiger partial charge >= 0.3 is 0 Å². The molecule has 2 nitrogen and oxygen atoms in total. The van der Waals surface area contributed by atoms with Gasteiger partial charge in [0.25, 0.3) is 0 Å². The molecule has 74 valence electrons. The SMILES string of the molecule is Fc1ccc(NC2=NCCS2)c(Cl)c1. The first-order chi connectivity index (χ1) is 6.75. The fourth-order valence-corrected chi connectivity index (χ4v) is 2.07. The summed E-state index contributed by atoms with van der Waals surface area (Å²) in [7, 11) is 0. The van der Waals surface area contributed by atoms with E-state index in [2.05, 4.69) is 10.3 Å². The van der Waals surface area contributed by atoms with Crippen LogP contribution in [0.1, 0.15) is 0 Å². The minimum Gasteiger partial charge on any atom is -0.334 e. The molecule has 0 bridgehead atoms. The van der Waals surface area contributed by atoms with Crippen molar-refractivity contribution < 1.29 is 4.39 Å². The molecule has 0 aromatic heterocycles. The second kappa shape index (κ2) is 4.19. The van der Waals surface area contributed by atoms with Gasteiger partial charge in [-0.2, -0.15) is 0 Å². The molecule has 1 aromatic rings. The Morgan fingerprint density at radius 1 is 1.50 bits per heavy atom. The lowest BCUT2D eigenvalue weighted by molar-refractivity contribution is 0.628. The maximum atomic E-state index is 12.7. The fourth-order valence-electron chi connectivity index (χ4n) is 1.12. The highest BCUT2D eigenvalue weighted by Gasteiger charge is 2.09. The lowest BCUT2D eigenvalue weighted by Gasteiger charge is -2.06. The van der Waals surface area contributed by atoms with Crippen molar-refractivity contribution in [1.82, 2.24) is 0 Å². The second-order valence-electron chi connectivity index (χ2n) is 2.78. The van der Waals surface area contributed by atoms with Crippen LogP contribution in [-0.4, -0.2) is 17.5 Å². The highest BCUT2D eigenvalue weighted by molar-refractivity contribution is 8.14. The molecular weight excluding hydrogens is 223 g/mol. The molecule has 2 rings (SSSR count). The van der Waals surface area contributed by atoms with Crippen LogP contribution in [0.5, 0.6) is 0 Å². The van der Waals surface area contributed by atoms with E-state index in [1.807, 2.05) is 0 Å². The molecule has 0 unspecified atom stereocenters. The lowest BCUT2D eigenvalue weighted by atomic mass is 10.3. The zero-order chi connectivity index (χ0) is 9.97. The van der Waals surface area contributed by atoms with Gasteiger partial charge in [0.15, 0.2) is 5.17 Å². The molecule has 1 aliphatic rings. The van der Waals surface area contributed by atoms with Gasteiger partial charge in [0.2, 0.25) is 0 Å². The normalized spacial score (nSPS) is 15.4. The van der Waals surface area contributed by atoms with Crippen LogP contribution >= 0.6 is 23.4 Å². The number of nitrogens with one attached hydrogen (secondary N) is 1. The number of anilines is 1. The Morgan fingerprint density at radius 2 is 2.36 bits per heavy atom. The average molecular weight is 231 g/mol. The topological polar surface area (TPSA) is 24.4 Å². The molecular formula is C9H8ClFN2S. The zero-order valence-corrected chi connectivity index (χ0v) is 8.83. The third kappa shape index (κ3) is 2.19. The zero-order valence-electron chi connectivity index (χ0n) is 7.26. The maximum absolute atomic E-state index is 12.7. The smallest absolute Gasteiger partial charge is 0.161 e. The van der Waals surface area contributed by atoms with Gasteiger partial charge in [-0.3, -0.25) is 4.99 Å². The molecule has 0 amide bonds. The van der Waals surface area contributed by atoms with Crippen LogP contribution < -0.4 is 5.32 Å². The van der Waals surface area contributed by atoms with Crippen LogP contribution in [0.4, 0.5) is 10.1 Å². The van der Waals surface area contributed by atoms with E-state index in [4.69, 9.17) is 11.6 Å². The molecule has 5 heteroatoms. The Balaban J connectivity index is 2.16. The molecule has 0 atom stereocenters. The van der Waals surface area contributed by atoms with Crippen LogP contribution in [0.3, 0.4) is 0 Å². The van der Waals surface area contributed by atoms with Crippen LogP contribution in [0.25, 0.3) is 0 Å². The van der Waals surface area contributed by atoms with Crippen LogP contribution in [0, 0.1) is 5.82 Å². The van der Waals surface area contributed by atoms with Gasteiger partial charge in [0, 0.05) is 5.75 Å². The fraction of sp³-hybridized carbons (Fsp3) is 0.222. The highest BCUT2D eigenvalue weighted by atomic mass is 35.5. The number of thioether (sulfide) groups is 1. The van der Waals surface area contributed by atoms with E-state index < -0.39 is 0 Å². The van der Waals surface area contributed by atoms with Gasteiger partial charge < -0.3 is 5.32 Å². The first-order valence-electron chi connectivity index (χ1n) is 4.15. The summed E-state index contributed by atoms with van der Waals surface area (Å²) >= 11 is 7.48. The summed E-state index contributed by atoms with van der Waals surface area (Å²) in [5.74, 6) is 0.655. The minimum atomic E-state index is -0.332. The molecule has 0 aliphatic carbocycles. The van der Waals surface area contributed by atoms with Crippen LogP contribution in [0.2, 0.25) is 5.02 Å². The van der Waals surface area contributed by atoms with Crippen LogP contribution in [0.15, 0.2) is 23.2 Å². The molecule has 14 heavy (non-hydrogen) atoms. The molecule has 1 N–H and O–H groups in total. The molecule has 0 saturated heterocycles. The number of hydrogen-bond acceptors (Lipinski definition) is 3. The number of hydrogen-bond donors (Lipinski definition) is 1. The summed E-state index contributed by atoms with van der Waals surface area (Å²) in [5, 5.41) is 4.27. The average Bonchev–Trinajstić information content (AvgIpc) is 2.62. The predicted molar refractivity (Wildman–Crippen MR) is 59.8 cm³/mol. The minimum absolute atomic E-state index is 0.332. The summed E-state index contributed by atoms with van der Waals surface area (Å²) in [6, 6.07) is 4.26. The van der Waals surface area contributed by atoms with Gasteiger partial charge in [0.1, 0.15) is 5.82 Å². The molecule has 0 radical (unpaired) electrons. The van der Waals surface area contributed by atoms with E-state index in [0.717, 1.165) is 17.5 Å². The molecule has 1 heterocycles. The van der Waals surface area contributed by atoms with E-state index in [-0.39, 0.29) is 5.82 Å². The Kier molecular flexibility index (Phi) is 2.93. The van der Waals surface area contributed by atoms with Crippen molar-refractivity contribution in [3.63, 3.8) is 0 Å². The van der Waals surface area contributed by atoms with Crippen molar-refractivity contribution in [1.29, 1.82) is 0 Å². The Hall–Kier alpha value is -0.740. The van der Waals surface area contributed by atoms with Gasteiger partial charge in [-0.05, 0) is 18.2 Å². The summed E-state index contributed by atoms with van der Waals surface area (Å²) in [4.78, 5) is 4.21. The predicted octanol–water partition coefficient (Wildman–Crippen LogP) is 2.99.